The van der Waals surface area contributed by atoms with Gasteiger partial charge in [-0.3, -0.25) is 9.59 Å². The number of carbonyl (C=O) groups excluding carboxylic acids is 4. The van der Waals surface area contributed by atoms with Gasteiger partial charge >= 0.3 is 23.9 Å². The molecule has 0 N–H and O–H groups in total. The molecular formula is C22H38O8. The summed E-state index contributed by atoms with van der Waals surface area (Å²) in [5, 5.41) is 0. The molecule has 0 radical (unpaired) electrons. The first kappa shape index (κ1) is 27.9. The van der Waals surface area contributed by atoms with E-state index in [1.165, 1.54) is 0 Å². The average molecular weight is 431 g/mol. The molecule has 1 unspecified atom stereocenters. The molecular weight excluding hydrogens is 392 g/mol. The van der Waals surface area contributed by atoms with E-state index in [4.69, 9.17) is 18.9 Å². The van der Waals surface area contributed by atoms with Gasteiger partial charge in [0.25, 0.3) is 0 Å². The van der Waals surface area contributed by atoms with Crippen molar-refractivity contribution in [2.45, 2.75) is 79.6 Å². The fourth-order valence-electron chi connectivity index (χ4n) is 2.26. The van der Waals surface area contributed by atoms with Gasteiger partial charge in [-0.2, -0.15) is 0 Å². The molecule has 0 aliphatic carbocycles. The van der Waals surface area contributed by atoms with E-state index in [0.717, 1.165) is 25.7 Å². The lowest BCUT2D eigenvalue weighted by Gasteiger charge is -2.20. The Morgan fingerprint density at radius 1 is 0.800 bits per heavy atom. The molecule has 174 valence electrons. The van der Waals surface area contributed by atoms with Gasteiger partial charge in [0.2, 0.25) is 0 Å². The van der Waals surface area contributed by atoms with Crippen LogP contribution in [-0.4, -0.2) is 50.3 Å². The van der Waals surface area contributed by atoms with E-state index in [1.807, 2.05) is 13.8 Å². The zero-order valence-electron chi connectivity index (χ0n) is 19.1. The molecule has 0 spiro atoms. The molecule has 8 nitrogen and oxygen atoms in total. The Labute approximate surface area is 180 Å². The standard InChI is InChI=1S/C22H38O8/c1-6-9-11-17(7-2)14-28-19(24)16-30-20(25)15-29-18(23)12-10-13-27-21(26)22(4,5)8-3/h17H,6-16H2,1-5H3. The summed E-state index contributed by atoms with van der Waals surface area (Å²) in [7, 11) is 0. The number of hydrogen-bond donors (Lipinski definition) is 0. The lowest BCUT2D eigenvalue weighted by Crippen LogP contribution is -2.26. The minimum atomic E-state index is -0.825. The quantitative estimate of drug-likeness (QED) is 0.208. The van der Waals surface area contributed by atoms with Crippen molar-refractivity contribution in [2.24, 2.45) is 11.3 Å². The van der Waals surface area contributed by atoms with Crippen LogP contribution in [0, 0.1) is 11.3 Å². The third-order valence-corrected chi connectivity index (χ3v) is 4.92. The van der Waals surface area contributed by atoms with E-state index in [9.17, 15) is 19.2 Å². The molecule has 0 aromatic heterocycles. The minimum Gasteiger partial charge on any atom is -0.465 e. The minimum absolute atomic E-state index is 0.00528. The lowest BCUT2D eigenvalue weighted by molar-refractivity contribution is -0.165. The zero-order valence-corrected chi connectivity index (χ0v) is 19.1. The molecule has 0 aliphatic heterocycles. The summed E-state index contributed by atoms with van der Waals surface area (Å²) < 4.78 is 19.8. The van der Waals surface area contributed by atoms with E-state index in [2.05, 4.69) is 6.92 Å². The molecule has 0 aromatic rings. The van der Waals surface area contributed by atoms with Crippen LogP contribution in [0.1, 0.15) is 79.6 Å². The third kappa shape index (κ3) is 13.2. The highest BCUT2D eigenvalue weighted by atomic mass is 16.6. The second kappa shape index (κ2) is 15.7. The van der Waals surface area contributed by atoms with Crippen LogP contribution < -0.4 is 0 Å². The lowest BCUT2D eigenvalue weighted by atomic mass is 9.91. The van der Waals surface area contributed by atoms with Crippen LogP contribution in [0.3, 0.4) is 0 Å². The topological polar surface area (TPSA) is 105 Å². The summed E-state index contributed by atoms with van der Waals surface area (Å²) in [6, 6.07) is 0. The second-order valence-electron chi connectivity index (χ2n) is 7.90. The molecule has 0 aromatic carbocycles. The van der Waals surface area contributed by atoms with Crippen molar-refractivity contribution in [3.8, 4) is 0 Å². The summed E-state index contributed by atoms with van der Waals surface area (Å²) in [5.74, 6) is -2.07. The molecule has 0 aliphatic rings. The smallest absolute Gasteiger partial charge is 0.344 e. The van der Waals surface area contributed by atoms with Crippen molar-refractivity contribution >= 4 is 23.9 Å². The molecule has 0 bridgehead atoms. The van der Waals surface area contributed by atoms with E-state index < -0.39 is 36.5 Å². The van der Waals surface area contributed by atoms with E-state index in [1.54, 1.807) is 13.8 Å². The second-order valence-corrected chi connectivity index (χ2v) is 7.90. The van der Waals surface area contributed by atoms with Crippen LogP contribution in [0.5, 0.6) is 0 Å². The highest BCUT2D eigenvalue weighted by Gasteiger charge is 2.26. The van der Waals surface area contributed by atoms with Crippen LogP contribution in [-0.2, 0) is 38.1 Å². The fraction of sp³-hybridized carbons (Fsp3) is 0.818. The Bertz CT molecular complexity index is 541. The van der Waals surface area contributed by atoms with Crippen molar-refractivity contribution < 1.29 is 38.1 Å². The van der Waals surface area contributed by atoms with Gasteiger partial charge in [0.1, 0.15) is 0 Å². The fourth-order valence-corrected chi connectivity index (χ4v) is 2.26. The molecule has 1 atom stereocenters. The first-order valence-corrected chi connectivity index (χ1v) is 10.8. The largest absolute Gasteiger partial charge is 0.465 e. The van der Waals surface area contributed by atoms with Gasteiger partial charge in [0.05, 0.1) is 18.6 Å². The van der Waals surface area contributed by atoms with E-state index in [-0.39, 0.29) is 19.0 Å². The molecule has 0 saturated heterocycles. The highest BCUT2D eigenvalue weighted by molar-refractivity contribution is 5.79. The number of unbranched alkanes of at least 4 members (excludes halogenated alkanes) is 1. The van der Waals surface area contributed by atoms with Gasteiger partial charge < -0.3 is 18.9 Å². The van der Waals surface area contributed by atoms with Gasteiger partial charge in [-0.15, -0.1) is 0 Å². The monoisotopic (exact) mass is 430 g/mol. The summed E-state index contributed by atoms with van der Waals surface area (Å²) in [6.45, 7) is 8.94. The Balaban J connectivity index is 3.88. The predicted molar refractivity (Wildman–Crippen MR) is 110 cm³/mol. The molecule has 0 amide bonds. The van der Waals surface area contributed by atoms with Crippen LogP contribution in [0.15, 0.2) is 0 Å². The molecule has 30 heavy (non-hydrogen) atoms. The van der Waals surface area contributed by atoms with Crippen LogP contribution in [0.25, 0.3) is 0 Å². The normalized spacial score (nSPS) is 12.0. The van der Waals surface area contributed by atoms with Gasteiger partial charge in [-0.25, -0.2) is 9.59 Å². The number of ether oxygens (including phenoxy) is 4. The maximum atomic E-state index is 11.8. The average Bonchev–Trinajstić information content (AvgIpc) is 2.73. The van der Waals surface area contributed by atoms with Gasteiger partial charge in [0, 0.05) is 6.42 Å². The number of carbonyl (C=O) groups is 4. The Hall–Kier alpha value is -2.12. The molecule has 0 saturated carbocycles. The number of rotatable bonds is 16. The van der Waals surface area contributed by atoms with Crippen LogP contribution >= 0.6 is 0 Å². The molecule has 0 fully saturated rings. The SMILES string of the molecule is CCCCC(CC)COC(=O)COC(=O)COC(=O)CCCOC(=O)C(C)(C)CC. The molecule has 8 heteroatoms. The Kier molecular flexibility index (Phi) is 14.6. The van der Waals surface area contributed by atoms with E-state index >= 15 is 0 Å². The van der Waals surface area contributed by atoms with Gasteiger partial charge in [-0.05, 0) is 39.0 Å². The van der Waals surface area contributed by atoms with E-state index in [0.29, 0.717) is 25.4 Å². The maximum Gasteiger partial charge on any atom is 0.344 e. The van der Waals surface area contributed by atoms with Crippen molar-refractivity contribution in [2.75, 3.05) is 26.4 Å². The molecule has 0 rings (SSSR count). The van der Waals surface area contributed by atoms with Crippen molar-refractivity contribution in [3.05, 3.63) is 0 Å². The summed E-state index contributed by atoms with van der Waals surface area (Å²) in [5.41, 5.74) is -0.557. The Morgan fingerprint density at radius 3 is 1.97 bits per heavy atom. The number of hydrogen-bond acceptors (Lipinski definition) is 8. The van der Waals surface area contributed by atoms with Gasteiger partial charge in [-0.1, -0.05) is 40.0 Å². The number of esters is 4. The third-order valence-electron chi connectivity index (χ3n) is 4.92. The van der Waals surface area contributed by atoms with Crippen molar-refractivity contribution in [1.29, 1.82) is 0 Å². The van der Waals surface area contributed by atoms with Crippen LogP contribution in [0.2, 0.25) is 0 Å². The summed E-state index contributed by atoms with van der Waals surface area (Å²) >= 11 is 0. The maximum absolute atomic E-state index is 11.8. The molecule has 0 heterocycles. The van der Waals surface area contributed by atoms with Gasteiger partial charge in [0.15, 0.2) is 13.2 Å². The van der Waals surface area contributed by atoms with Crippen LogP contribution in [0.4, 0.5) is 0 Å². The Morgan fingerprint density at radius 2 is 1.40 bits per heavy atom. The summed E-state index contributed by atoms with van der Waals surface area (Å²) in [4.78, 5) is 46.6. The first-order chi connectivity index (χ1) is 14.2. The van der Waals surface area contributed by atoms with Crippen molar-refractivity contribution in [1.82, 2.24) is 0 Å². The zero-order chi connectivity index (χ0) is 23.0. The van der Waals surface area contributed by atoms with Crippen molar-refractivity contribution in [3.63, 3.8) is 0 Å². The highest BCUT2D eigenvalue weighted by Crippen LogP contribution is 2.21. The predicted octanol–water partition coefficient (Wildman–Crippen LogP) is 3.59. The summed E-state index contributed by atoms with van der Waals surface area (Å²) in [6.07, 6.45) is 5.03. The first-order valence-electron chi connectivity index (χ1n) is 10.8.